The predicted octanol–water partition coefficient (Wildman–Crippen LogP) is 2.79. The van der Waals surface area contributed by atoms with E-state index in [2.05, 4.69) is 35.5 Å². The largest absolute Gasteiger partial charge is 0.309 e. The summed E-state index contributed by atoms with van der Waals surface area (Å²) in [4.78, 5) is 0. The Morgan fingerprint density at radius 2 is 2.16 bits per heavy atom. The molecule has 0 radical (unpaired) electrons. The molecule has 0 amide bonds. The highest BCUT2D eigenvalue weighted by molar-refractivity contribution is 6.31. The Morgan fingerprint density at radius 3 is 2.84 bits per heavy atom. The van der Waals surface area contributed by atoms with Gasteiger partial charge >= 0.3 is 0 Å². The highest BCUT2D eigenvalue weighted by Gasteiger charge is 2.05. The lowest BCUT2D eigenvalue weighted by molar-refractivity contribution is 0.580. The number of hydrogen-bond acceptors (Lipinski definition) is 3. The lowest BCUT2D eigenvalue weighted by Crippen LogP contribution is -2.21. The molecule has 0 aliphatic rings. The second kappa shape index (κ2) is 6.17. The SMILES string of the molecule is Cc1ccc(Cn2cc(CNC(C)C)nn2)c(Cl)c1. The Labute approximate surface area is 118 Å². The van der Waals surface area contributed by atoms with Crippen LogP contribution in [0.5, 0.6) is 0 Å². The van der Waals surface area contributed by atoms with Gasteiger partial charge in [0.2, 0.25) is 0 Å². The van der Waals surface area contributed by atoms with Gasteiger partial charge in [-0.05, 0) is 24.1 Å². The summed E-state index contributed by atoms with van der Waals surface area (Å²) in [5, 5.41) is 12.4. The Balaban J connectivity index is 2.03. The average Bonchev–Trinajstić information content (AvgIpc) is 2.78. The highest BCUT2D eigenvalue weighted by atomic mass is 35.5. The Morgan fingerprint density at radius 1 is 1.37 bits per heavy atom. The maximum absolute atomic E-state index is 6.22. The Hall–Kier alpha value is -1.39. The van der Waals surface area contributed by atoms with Crippen LogP contribution in [-0.4, -0.2) is 21.0 Å². The van der Waals surface area contributed by atoms with Crippen molar-refractivity contribution in [2.24, 2.45) is 0 Å². The molecule has 0 spiro atoms. The Kier molecular flexibility index (Phi) is 4.56. The van der Waals surface area contributed by atoms with Crippen molar-refractivity contribution in [2.75, 3.05) is 0 Å². The number of nitrogens with one attached hydrogen (secondary N) is 1. The molecule has 2 aromatic rings. The van der Waals surface area contributed by atoms with Gasteiger partial charge in [0.05, 0.1) is 18.4 Å². The lowest BCUT2D eigenvalue weighted by Gasteiger charge is -2.05. The molecule has 1 N–H and O–H groups in total. The molecule has 0 bridgehead atoms. The van der Waals surface area contributed by atoms with Crippen LogP contribution in [0.1, 0.15) is 30.7 Å². The summed E-state index contributed by atoms with van der Waals surface area (Å²) < 4.78 is 1.81. The van der Waals surface area contributed by atoms with E-state index in [-0.39, 0.29) is 0 Å². The minimum absolute atomic E-state index is 0.441. The van der Waals surface area contributed by atoms with E-state index in [4.69, 9.17) is 11.6 Å². The molecule has 0 unspecified atom stereocenters. The molecule has 1 aromatic heterocycles. The quantitative estimate of drug-likeness (QED) is 0.914. The van der Waals surface area contributed by atoms with E-state index in [0.29, 0.717) is 12.6 Å². The lowest BCUT2D eigenvalue weighted by atomic mass is 10.1. The van der Waals surface area contributed by atoms with Crippen molar-refractivity contribution in [3.05, 3.63) is 46.2 Å². The first-order valence-corrected chi connectivity index (χ1v) is 6.80. The normalized spacial score (nSPS) is 11.2. The molecule has 4 nitrogen and oxygen atoms in total. The van der Waals surface area contributed by atoms with Crippen LogP contribution in [0.25, 0.3) is 0 Å². The number of rotatable bonds is 5. The standard InChI is InChI=1S/C14H19ClN4/c1-10(2)16-7-13-9-19(18-17-13)8-12-5-4-11(3)6-14(12)15/h4-6,9-10,16H,7-8H2,1-3H3. The zero-order valence-electron chi connectivity index (χ0n) is 11.5. The smallest absolute Gasteiger partial charge is 0.0965 e. The van der Waals surface area contributed by atoms with Crippen LogP contribution in [0, 0.1) is 6.92 Å². The summed E-state index contributed by atoms with van der Waals surface area (Å²) in [5.41, 5.74) is 3.16. The molecule has 1 aromatic carbocycles. The van der Waals surface area contributed by atoms with E-state index in [9.17, 15) is 0 Å². The highest BCUT2D eigenvalue weighted by Crippen LogP contribution is 2.18. The molecule has 2 rings (SSSR count). The predicted molar refractivity (Wildman–Crippen MR) is 77.3 cm³/mol. The molecule has 0 atom stereocenters. The molecule has 0 saturated heterocycles. The fraction of sp³-hybridized carbons (Fsp3) is 0.429. The van der Waals surface area contributed by atoms with E-state index < -0.39 is 0 Å². The second-order valence-electron chi connectivity index (χ2n) is 5.04. The number of benzene rings is 1. The third kappa shape index (κ3) is 4.04. The van der Waals surface area contributed by atoms with Gasteiger partial charge in [-0.25, -0.2) is 4.68 Å². The number of nitrogens with zero attached hydrogens (tertiary/aromatic N) is 3. The van der Waals surface area contributed by atoms with Gasteiger partial charge in [0, 0.05) is 17.6 Å². The molecule has 0 aliphatic carbocycles. The molecule has 5 heteroatoms. The number of hydrogen-bond donors (Lipinski definition) is 1. The summed E-state index contributed by atoms with van der Waals surface area (Å²) in [7, 11) is 0. The fourth-order valence-corrected chi connectivity index (χ4v) is 2.06. The van der Waals surface area contributed by atoms with Crippen LogP contribution >= 0.6 is 11.6 Å². The monoisotopic (exact) mass is 278 g/mol. The number of aromatic nitrogens is 3. The topological polar surface area (TPSA) is 42.7 Å². The third-order valence-corrected chi connectivity index (χ3v) is 3.17. The molecular weight excluding hydrogens is 260 g/mol. The summed E-state index contributed by atoms with van der Waals surface area (Å²) >= 11 is 6.22. The van der Waals surface area contributed by atoms with Gasteiger partial charge in [-0.3, -0.25) is 0 Å². The molecule has 19 heavy (non-hydrogen) atoms. The van der Waals surface area contributed by atoms with E-state index >= 15 is 0 Å². The molecule has 0 saturated carbocycles. The fourth-order valence-electron chi connectivity index (χ4n) is 1.76. The van der Waals surface area contributed by atoms with Gasteiger partial charge in [-0.1, -0.05) is 42.8 Å². The molecule has 0 aliphatic heterocycles. The van der Waals surface area contributed by atoms with Crippen LogP contribution in [0.3, 0.4) is 0 Å². The van der Waals surface area contributed by atoms with Crippen molar-refractivity contribution in [3.63, 3.8) is 0 Å². The molecule has 1 heterocycles. The molecule has 0 fully saturated rings. The summed E-state index contributed by atoms with van der Waals surface area (Å²) in [5.74, 6) is 0. The van der Waals surface area contributed by atoms with E-state index in [1.807, 2.05) is 29.9 Å². The van der Waals surface area contributed by atoms with Crippen LogP contribution in [0.4, 0.5) is 0 Å². The zero-order valence-corrected chi connectivity index (χ0v) is 12.3. The first-order valence-electron chi connectivity index (χ1n) is 6.42. The van der Waals surface area contributed by atoms with Gasteiger partial charge in [-0.15, -0.1) is 5.10 Å². The summed E-state index contributed by atoms with van der Waals surface area (Å²) in [6, 6.07) is 6.50. The minimum Gasteiger partial charge on any atom is -0.309 e. The van der Waals surface area contributed by atoms with Gasteiger partial charge in [-0.2, -0.15) is 0 Å². The first kappa shape index (κ1) is 14.0. The number of aryl methyl sites for hydroxylation is 1. The molecular formula is C14H19ClN4. The Bertz CT molecular complexity index is 548. The maximum Gasteiger partial charge on any atom is 0.0965 e. The number of halogens is 1. The first-order chi connectivity index (χ1) is 9.04. The van der Waals surface area contributed by atoms with Gasteiger partial charge < -0.3 is 5.32 Å². The van der Waals surface area contributed by atoms with E-state index in [0.717, 1.165) is 28.4 Å². The van der Waals surface area contributed by atoms with Gasteiger partial charge in [0.1, 0.15) is 0 Å². The van der Waals surface area contributed by atoms with E-state index in [1.165, 1.54) is 0 Å². The van der Waals surface area contributed by atoms with Crippen molar-refractivity contribution in [2.45, 2.75) is 39.9 Å². The van der Waals surface area contributed by atoms with E-state index in [1.54, 1.807) is 0 Å². The van der Waals surface area contributed by atoms with Crippen LogP contribution in [0.2, 0.25) is 5.02 Å². The van der Waals surface area contributed by atoms with Gasteiger partial charge in [0.15, 0.2) is 0 Å². The van der Waals surface area contributed by atoms with Crippen molar-refractivity contribution in [1.82, 2.24) is 20.3 Å². The second-order valence-corrected chi connectivity index (χ2v) is 5.45. The minimum atomic E-state index is 0.441. The summed E-state index contributed by atoms with van der Waals surface area (Å²) in [6.45, 7) is 7.63. The van der Waals surface area contributed by atoms with Crippen LogP contribution in [-0.2, 0) is 13.1 Å². The van der Waals surface area contributed by atoms with Crippen LogP contribution < -0.4 is 5.32 Å². The summed E-state index contributed by atoms with van der Waals surface area (Å²) in [6.07, 6.45) is 1.95. The van der Waals surface area contributed by atoms with Crippen molar-refractivity contribution in [3.8, 4) is 0 Å². The average molecular weight is 279 g/mol. The zero-order chi connectivity index (χ0) is 13.8. The van der Waals surface area contributed by atoms with Crippen molar-refractivity contribution in [1.29, 1.82) is 0 Å². The maximum atomic E-state index is 6.22. The van der Waals surface area contributed by atoms with Gasteiger partial charge in [0.25, 0.3) is 0 Å². The molecule has 102 valence electrons. The van der Waals surface area contributed by atoms with Crippen LogP contribution in [0.15, 0.2) is 24.4 Å². The van der Waals surface area contributed by atoms with Crippen molar-refractivity contribution < 1.29 is 0 Å². The van der Waals surface area contributed by atoms with Crippen molar-refractivity contribution >= 4 is 11.6 Å². The third-order valence-electron chi connectivity index (χ3n) is 2.82.